The second-order valence-corrected chi connectivity index (χ2v) is 9.89. The molecule has 0 radical (unpaired) electrons. The Morgan fingerprint density at radius 3 is 2.51 bits per heavy atom. The molecule has 0 saturated heterocycles. The first-order valence-corrected chi connectivity index (χ1v) is 13.3. The Kier molecular flexibility index (Phi) is 7.70. The van der Waals surface area contributed by atoms with E-state index in [1.54, 1.807) is 55.2 Å². The smallest absolute Gasteiger partial charge is 0.291 e. The Bertz CT molecular complexity index is 1740. The van der Waals surface area contributed by atoms with Crippen molar-refractivity contribution in [2.24, 2.45) is 5.73 Å². The van der Waals surface area contributed by atoms with Gasteiger partial charge in [-0.05, 0) is 61.9 Å². The summed E-state index contributed by atoms with van der Waals surface area (Å²) < 4.78 is 45.8. The number of halogens is 2. The lowest BCUT2D eigenvalue weighted by Gasteiger charge is -2.10. The number of nitrogens with two attached hydrogens (primary N) is 1. The van der Waals surface area contributed by atoms with Crippen LogP contribution in [0.1, 0.15) is 50.7 Å². The van der Waals surface area contributed by atoms with Gasteiger partial charge in [0.25, 0.3) is 18.2 Å². The number of rotatable bonds is 10. The predicted octanol–water partition coefficient (Wildman–Crippen LogP) is 5.96. The van der Waals surface area contributed by atoms with Crippen LogP contribution < -0.4 is 20.5 Å². The number of thiophene rings is 1. The second kappa shape index (κ2) is 11.4. The Balaban J connectivity index is 1.49. The number of methoxy groups -OCH3 is 1. The van der Waals surface area contributed by atoms with Crippen LogP contribution in [0.2, 0.25) is 0 Å². The number of carbonyl (C=O) groups is 2. The molecule has 0 fully saturated rings. The van der Waals surface area contributed by atoms with Gasteiger partial charge in [-0.1, -0.05) is 0 Å². The molecule has 0 aliphatic rings. The largest absolute Gasteiger partial charge is 0.497 e. The van der Waals surface area contributed by atoms with E-state index >= 15 is 0 Å². The first kappa shape index (κ1) is 27.8. The lowest BCUT2D eigenvalue weighted by Crippen LogP contribution is -2.16. The summed E-state index contributed by atoms with van der Waals surface area (Å²) in [7, 11) is 1.57. The number of primary amides is 1. The van der Waals surface area contributed by atoms with Crippen molar-refractivity contribution >= 4 is 39.1 Å². The third kappa shape index (κ3) is 5.48. The summed E-state index contributed by atoms with van der Waals surface area (Å²) in [5.41, 5.74) is 6.83. The molecule has 1 aromatic carbocycles. The maximum Gasteiger partial charge on any atom is 0.291 e. The highest BCUT2D eigenvalue weighted by molar-refractivity contribution is 7.21. The van der Waals surface area contributed by atoms with Gasteiger partial charge >= 0.3 is 0 Å². The summed E-state index contributed by atoms with van der Waals surface area (Å²) in [5.74, 6) is 0.0665. The van der Waals surface area contributed by atoms with Crippen LogP contribution in [-0.4, -0.2) is 33.7 Å². The zero-order valence-electron chi connectivity index (χ0n) is 22.2. The highest BCUT2D eigenvalue weighted by Gasteiger charge is 2.27. The number of hydrogen-bond acceptors (Lipinski definition) is 8. The summed E-state index contributed by atoms with van der Waals surface area (Å²) in [6, 6.07) is 11.3. The van der Waals surface area contributed by atoms with E-state index in [-0.39, 0.29) is 27.8 Å². The molecule has 3 N–H and O–H groups in total. The van der Waals surface area contributed by atoms with Crippen LogP contribution in [0, 0.1) is 6.92 Å². The maximum absolute atomic E-state index is 13.8. The van der Waals surface area contributed by atoms with Crippen LogP contribution in [0.25, 0.3) is 21.3 Å². The molecular weight excluding hydrogens is 556 g/mol. The number of furan rings is 1. The number of aryl methyl sites for hydroxylation is 1. The van der Waals surface area contributed by atoms with Crippen LogP contribution in [0.3, 0.4) is 0 Å². The molecule has 5 aromatic rings. The maximum atomic E-state index is 13.8. The van der Waals surface area contributed by atoms with Crippen LogP contribution >= 0.6 is 11.3 Å². The molecule has 10 nitrogen and oxygen atoms in total. The van der Waals surface area contributed by atoms with E-state index in [2.05, 4.69) is 15.4 Å². The number of amides is 2. The molecule has 5 rings (SSSR count). The number of aromatic nitrogens is 3. The zero-order valence-corrected chi connectivity index (χ0v) is 23.1. The SMILES string of the molecule is CCn1ncc(-c2cc(C(F)F)nc3sc(C(N)=O)c(NC(=O)c4ccc(COc5ccc(OC)cc5)o4)c23)c1C. The first-order chi connectivity index (χ1) is 19.7. The van der Waals surface area contributed by atoms with Crippen molar-refractivity contribution in [3.63, 3.8) is 0 Å². The number of carbonyl (C=O) groups excluding carboxylic acids is 2. The average Bonchev–Trinajstić information content (AvgIpc) is 3.69. The number of ether oxygens (including phenoxy) is 2. The van der Waals surface area contributed by atoms with Crippen molar-refractivity contribution in [2.45, 2.75) is 33.4 Å². The molecule has 0 bridgehead atoms. The van der Waals surface area contributed by atoms with Gasteiger partial charge < -0.3 is 24.9 Å². The van der Waals surface area contributed by atoms with Crippen molar-refractivity contribution < 1.29 is 32.3 Å². The molecule has 0 atom stereocenters. The molecule has 0 saturated carbocycles. The van der Waals surface area contributed by atoms with Gasteiger partial charge in [0.15, 0.2) is 5.76 Å². The monoisotopic (exact) mass is 581 g/mol. The fourth-order valence-corrected chi connectivity index (χ4v) is 5.36. The number of nitrogens with zero attached hydrogens (tertiary/aromatic N) is 3. The average molecular weight is 582 g/mol. The molecular formula is C28H25F2N5O5S. The van der Waals surface area contributed by atoms with E-state index in [1.807, 2.05) is 6.92 Å². The highest BCUT2D eigenvalue weighted by atomic mass is 32.1. The standard InChI is InChI=1S/C28H25F2N5O5S/c1-4-35-14(2)19(12-32-35)18-11-20(25(29)30)33-28-22(18)23(24(41-28)26(31)36)34-27(37)21-10-9-17(40-21)13-39-16-7-5-15(38-3)6-8-16/h5-12,25H,4,13H2,1-3H3,(H2,31,36)(H,34,37). The van der Waals surface area contributed by atoms with Crippen molar-refractivity contribution in [3.05, 3.63) is 76.4 Å². The molecule has 212 valence electrons. The number of fused-ring (bicyclic) bond motifs is 1. The van der Waals surface area contributed by atoms with Gasteiger partial charge in [0, 0.05) is 23.2 Å². The van der Waals surface area contributed by atoms with Crippen molar-refractivity contribution in [1.82, 2.24) is 14.8 Å². The predicted molar refractivity (Wildman–Crippen MR) is 149 cm³/mol. The molecule has 4 aromatic heterocycles. The number of anilines is 1. The van der Waals surface area contributed by atoms with Crippen LogP contribution in [0.15, 0.2) is 53.1 Å². The number of pyridine rings is 1. The number of hydrogen-bond donors (Lipinski definition) is 2. The van der Waals surface area contributed by atoms with Gasteiger partial charge in [0.05, 0.1) is 19.0 Å². The third-order valence-corrected chi connectivity index (χ3v) is 7.48. The van der Waals surface area contributed by atoms with E-state index in [9.17, 15) is 18.4 Å². The lowest BCUT2D eigenvalue weighted by atomic mass is 10.0. The van der Waals surface area contributed by atoms with E-state index in [4.69, 9.17) is 19.6 Å². The molecule has 0 aliphatic heterocycles. The third-order valence-electron chi connectivity index (χ3n) is 6.39. The normalized spacial score (nSPS) is 11.3. The van der Waals surface area contributed by atoms with Gasteiger partial charge in [0.1, 0.15) is 39.3 Å². The van der Waals surface area contributed by atoms with Crippen LogP contribution in [0.5, 0.6) is 11.5 Å². The molecule has 41 heavy (non-hydrogen) atoms. The second-order valence-electron chi connectivity index (χ2n) is 8.89. The quantitative estimate of drug-likeness (QED) is 0.208. The summed E-state index contributed by atoms with van der Waals surface area (Å²) in [4.78, 5) is 29.8. The summed E-state index contributed by atoms with van der Waals surface area (Å²) in [6.45, 7) is 4.32. The van der Waals surface area contributed by atoms with Crippen molar-refractivity contribution in [1.29, 1.82) is 0 Å². The van der Waals surface area contributed by atoms with Crippen molar-refractivity contribution in [2.75, 3.05) is 12.4 Å². The van der Waals surface area contributed by atoms with Crippen LogP contribution in [0.4, 0.5) is 14.5 Å². The van der Waals surface area contributed by atoms with Crippen LogP contribution in [-0.2, 0) is 13.2 Å². The van der Waals surface area contributed by atoms with Crippen molar-refractivity contribution in [3.8, 4) is 22.6 Å². The molecule has 4 heterocycles. The summed E-state index contributed by atoms with van der Waals surface area (Å²) in [5, 5.41) is 7.32. The number of benzene rings is 1. The molecule has 0 aliphatic carbocycles. The van der Waals surface area contributed by atoms with E-state index in [0.29, 0.717) is 40.3 Å². The molecule has 2 amide bonds. The highest BCUT2D eigenvalue weighted by Crippen LogP contribution is 2.43. The van der Waals surface area contributed by atoms with Gasteiger partial charge in [0.2, 0.25) is 0 Å². The van der Waals surface area contributed by atoms with Gasteiger partial charge in [-0.15, -0.1) is 11.3 Å². The van der Waals surface area contributed by atoms with Gasteiger partial charge in [-0.2, -0.15) is 5.10 Å². The van der Waals surface area contributed by atoms with Gasteiger partial charge in [-0.3, -0.25) is 14.3 Å². The fourth-order valence-electron chi connectivity index (χ4n) is 4.34. The number of alkyl halides is 2. The minimum atomic E-state index is -2.86. The minimum Gasteiger partial charge on any atom is -0.497 e. The summed E-state index contributed by atoms with van der Waals surface area (Å²) >= 11 is 0.821. The zero-order chi connectivity index (χ0) is 29.3. The van der Waals surface area contributed by atoms with E-state index in [1.165, 1.54) is 12.1 Å². The minimum absolute atomic E-state index is 0.0383. The van der Waals surface area contributed by atoms with Gasteiger partial charge in [-0.25, -0.2) is 13.8 Å². The first-order valence-electron chi connectivity index (χ1n) is 12.4. The Hall–Kier alpha value is -4.78. The molecule has 13 heteroatoms. The number of nitrogens with one attached hydrogen (secondary N) is 1. The molecule has 0 unspecified atom stereocenters. The Morgan fingerprint density at radius 1 is 1.15 bits per heavy atom. The molecule has 0 spiro atoms. The lowest BCUT2D eigenvalue weighted by molar-refractivity contribution is 0.0992. The van der Waals surface area contributed by atoms with E-state index in [0.717, 1.165) is 17.0 Å². The topological polar surface area (TPSA) is 134 Å². The Morgan fingerprint density at radius 2 is 1.88 bits per heavy atom. The Labute approximate surface area is 236 Å². The summed E-state index contributed by atoms with van der Waals surface area (Å²) in [6.07, 6.45) is -1.31. The fraction of sp³-hybridized carbons (Fsp3) is 0.214. The van der Waals surface area contributed by atoms with E-state index < -0.39 is 23.9 Å².